The van der Waals surface area contributed by atoms with Crippen molar-refractivity contribution in [3.8, 4) is 5.69 Å². The Balaban J connectivity index is 2.20. The lowest BCUT2D eigenvalue weighted by molar-refractivity contribution is -0.103. The van der Waals surface area contributed by atoms with E-state index in [9.17, 15) is 27.2 Å². The molecule has 4 N–H and O–H groups in total. The Bertz CT molecular complexity index is 1830. The Hall–Kier alpha value is -3.50. The van der Waals surface area contributed by atoms with Gasteiger partial charge in [-0.1, -0.05) is 6.07 Å². The fourth-order valence-corrected chi connectivity index (χ4v) is 5.06. The van der Waals surface area contributed by atoms with Crippen LogP contribution < -0.4 is 37.0 Å². The standard InChI is InChI=1S/C25H26FIN6O5S/c1-14(13-34)22-21(23(31(2)3)29-20-10-7-15(27)11-19(20)26)24(35)33(17-8-9-17)25(36)32(22)18-6-4-5-16(12-18)30-39(28,37)38/h4-7,10-13,17,29-30H,8-9H2,1-3H3,(H2,28,37,38)/b22-14+,23-21+. The molecule has 1 aliphatic carbocycles. The van der Waals surface area contributed by atoms with E-state index in [1.165, 1.54) is 47.9 Å². The highest BCUT2D eigenvalue weighted by Gasteiger charge is 2.30. The highest BCUT2D eigenvalue weighted by Crippen LogP contribution is 2.32. The minimum atomic E-state index is -4.12. The van der Waals surface area contributed by atoms with E-state index < -0.39 is 27.3 Å². The molecule has 11 nitrogen and oxygen atoms in total. The molecule has 0 aliphatic heterocycles. The van der Waals surface area contributed by atoms with Crippen molar-refractivity contribution in [2.75, 3.05) is 24.1 Å². The lowest BCUT2D eigenvalue weighted by Gasteiger charge is -2.22. The molecular weight excluding hydrogens is 642 g/mol. The number of anilines is 2. The summed E-state index contributed by atoms with van der Waals surface area (Å²) in [5, 5.41) is 8.04. The largest absolute Gasteiger partial charge is 0.364 e. The molecule has 0 unspecified atom stereocenters. The highest BCUT2D eigenvalue weighted by atomic mass is 127. The summed E-state index contributed by atoms with van der Waals surface area (Å²) in [7, 11) is -0.843. The topological polar surface area (TPSA) is 149 Å². The summed E-state index contributed by atoms with van der Waals surface area (Å²) in [6, 6.07) is 10.0. The van der Waals surface area contributed by atoms with Gasteiger partial charge in [-0.25, -0.2) is 14.3 Å². The summed E-state index contributed by atoms with van der Waals surface area (Å²) in [5.41, 5.74) is -0.957. The second kappa shape index (κ2) is 10.9. The van der Waals surface area contributed by atoms with E-state index in [-0.39, 0.29) is 45.1 Å². The second-order valence-electron chi connectivity index (χ2n) is 9.24. The Morgan fingerprint density at radius 3 is 2.44 bits per heavy atom. The third-order valence-electron chi connectivity index (χ3n) is 5.99. The Labute approximate surface area is 236 Å². The number of aldehydes is 1. The van der Waals surface area contributed by atoms with Crippen molar-refractivity contribution in [1.82, 2.24) is 14.0 Å². The smallest absolute Gasteiger partial charge is 0.336 e. The van der Waals surface area contributed by atoms with Crippen molar-refractivity contribution in [3.63, 3.8) is 0 Å². The maximum Gasteiger partial charge on any atom is 0.336 e. The minimum absolute atomic E-state index is 0.0215. The van der Waals surface area contributed by atoms with Crippen molar-refractivity contribution < 1.29 is 17.6 Å². The molecule has 1 aromatic heterocycles. The van der Waals surface area contributed by atoms with Gasteiger partial charge in [0.2, 0.25) is 0 Å². The van der Waals surface area contributed by atoms with Crippen LogP contribution in [0.15, 0.2) is 52.1 Å². The van der Waals surface area contributed by atoms with Gasteiger partial charge in [-0.2, -0.15) is 8.42 Å². The number of aromatic nitrogens is 2. The molecule has 1 fully saturated rings. The number of nitrogens with one attached hydrogen (secondary N) is 2. The molecule has 3 aromatic rings. The van der Waals surface area contributed by atoms with Gasteiger partial charge in [0.25, 0.3) is 15.8 Å². The Morgan fingerprint density at radius 1 is 1.18 bits per heavy atom. The van der Waals surface area contributed by atoms with Crippen LogP contribution in [-0.4, -0.2) is 42.8 Å². The van der Waals surface area contributed by atoms with Crippen LogP contribution in [-0.2, 0) is 15.0 Å². The maximum atomic E-state index is 14.9. The second-order valence-corrected chi connectivity index (χ2v) is 11.8. The van der Waals surface area contributed by atoms with E-state index in [1.807, 2.05) is 22.6 Å². The molecule has 39 heavy (non-hydrogen) atoms. The number of nitrogens with zero attached hydrogens (tertiary/aromatic N) is 3. The maximum absolute atomic E-state index is 14.9. The fraction of sp³-hybridized carbons (Fsp3) is 0.240. The summed E-state index contributed by atoms with van der Waals surface area (Å²) < 4.78 is 43.2. The van der Waals surface area contributed by atoms with Gasteiger partial charge < -0.3 is 10.2 Å². The highest BCUT2D eigenvalue weighted by molar-refractivity contribution is 14.1. The van der Waals surface area contributed by atoms with Crippen LogP contribution in [0.25, 0.3) is 17.1 Å². The third kappa shape index (κ3) is 6.07. The molecule has 0 bridgehead atoms. The quantitative estimate of drug-likeness (QED) is 0.238. The molecule has 0 saturated heterocycles. The predicted molar refractivity (Wildman–Crippen MR) is 156 cm³/mol. The first-order chi connectivity index (χ1) is 18.3. The summed E-state index contributed by atoms with van der Waals surface area (Å²) in [4.78, 5) is 41.5. The number of carbonyl (C=O) groups excluding carboxylic acids is 1. The monoisotopic (exact) mass is 668 g/mol. The molecule has 4 rings (SSSR count). The van der Waals surface area contributed by atoms with E-state index in [2.05, 4.69) is 10.0 Å². The average Bonchev–Trinajstić information content (AvgIpc) is 3.67. The van der Waals surface area contributed by atoms with Gasteiger partial charge in [0.1, 0.15) is 23.1 Å². The normalized spacial score (nSPS) is 14.9. The van der Waals surface area contributed by atoms with E-state index in [4.69, 9.17) is 5.14 Å². The van der Waals surface area contributed by atoms with Crippen molar-refractivity contribution in [2.45, 2.75) is 25.8 Å². The summed E-state index contributed by atoms with van der Waals surface area (Å²) >= 11 is 1.98. The van der Waals surface area contributed by atoms with Crippen molar-refractivity contribution in [3.05, 3.63) is 83.3 Å². The van der Waals surface area contributed by atoms with Gasteiger partial charge in [-0.15, -0.1) is 0 Å². The van der Waals surface area contributed by atoms with Crippen molar-refractivity contribution >= 4 is 61.9 Å². The molecule has 1 aliphatic rings. The van der Waals surface area contributed by atoms with E-state index in [1.54, 1.807) is 25.1 Å². The van der Waals surface area contributed by atoms with Crippen LogP contribution in [0.3, 0.4) is 0 Å². The molecule has 0 radical (unpaired) electrons. The fourth-order valence-electron chi connectivity index (χ4n) is 4.15. The third-order valence-corrected chi connectivity index (χ3v) is 7.18. The van der Waals surface area contributed by atoms with E-state index in [0.29, 0.717) is 22.7 Å². The van der Waals surface area contributed by atoms with E-state index in [0.717, 1.165) is 4.57 Å². The first-order valence-electron chi connectivity index (χ1n) is 11.7. The zero-order chi connectivity index (χ0) is 28.6. The van der Waals surface area contributed by atoms with Gasteiger partial charge >= 0.3 is 5.69 Å². The van der Waals surface area contributed by atoms with Crippen LogP contribution in [0.5, 0.6) is 0 Å². The van der Waals surface area contributed by atoms with Crippen molar-refractivity contribution in [2.24, 2.45) is 5.14 Å². The zero-order valence-corrected chi connectivity index (χ0v) is 24.2. The molecular formula is C25H26FIN6O5S. The molecule has 14 heteroatoms. The van der Waals surface area contributed by atoms with Crippen LogP contribution in [0, 0.1) is 9.39 Å². The molecule has 1 saturated carbocycles. The summed E-state index contributed by atoms with van der Waals surface area (Å²) in [5.74, 6) is -0.408. The molecule has 206 valence electrons. The van der Waals surface area contributed by atoms with Crippen LogP contribution in [0.2, 0.25) is 0 Å². The SMILES string of the molecule is C/C(C=O)=c1/c(=C(/Nc2ccc(I)cc2F)N(C)C)c(=O)n(C2CC2)c(=O)n1-c1cccc(NS(N)(=O)=O)c1. The molecule has 0 spiro atoms. The minimum Gasteiger partial charge on any atom is -0.364 e. The number of hydrogen-bond donors (Lipinski definition) is 3. The van der Waals surface area contributed by atoms with Crippen LogP contribution >= 0.6 is 22.6 Å². The predicted octanol–water partition coefficient (Wildman–Crippen LogP) is 0.802. The lowest BCUT2D eigenvalue weighted by atomic mass is 10.2. The average molecular weight is 668 g/mol. The first-order valence-corrected chi connectivity index (χ1v) is 14.3. The number of carbonyl (C=O) groups is 1. The lowest BCUT2D eigenvalue weighted by Crippen LogP contribution is -2.60. The van der Waals surface area contributed by atoms with Crippen LogP contribution in [0.1, 0.15) is 25.8 Å². The Morgan fingerprint density at radius 2 is 1.87 bits per heavy atom. The van der Waals surface area contributed by atoms with Crippen LogP contribution in [0.4, 0.5) is 15.8 Å². The number of hydrogen-bond acceptors (Lipinski definition) is 7. The summed E-state index contributed by atoms with van der Waals surface area (Å²) in [6.45, 7) is 1.45. The molecule has 1 heterocycles. The van der Waals surface area contributed by atoms with Crippen molar-refractivity contribution in [1.29, 1.82) is 0 Å². The number of rotatable bonds is 8. The zero-order valence-electron chi connectivity index (χ0n) is 21.2. The molecule has 2 aromatic carbocycles. The van der Waals surface area contributed by atoms with Gasteiger partial charge in [-0.05, 0) is 78.8 Å². The van der Waals surface area contributed by atoms with Gasteiger partial charge in [0, 0.05) is 29.3 Å². The van der Waals surface area contributed by atoms with Gasteiger partial charge in [-0.3, -0.25) is 23.4 Å². The van der Waals surface area contributed by atoms with Gasteiger partial charge in [0.05, 0.1) is 22.4 Å². The van der Waals surface area contributed by atoms with E-state index >= 15 is 0 Å². The molecule has 0 amide bonds. The summed E-state index contributed by atoms with van der Waals surface area (Å²) in [6.07, 6.45) is 1.72. The first kappa shape index (κ1) is 28.5. The number of benzene rings is 2. The number of nitrogens with two attached hydrogens (primary N) is 1. The molecule has 0 atom stereocenters. The number of halogens is 2. The Kier molecular flexibility index (Phi) is 7.99. The van der Waals surface area contributed by atoms with Gasteiger partial charge in [0.15, 0.2) is 0 Å².